The SMILES string of the molecule is Cc1cc(OC(C)C)ccc1N1C(=O)Nc2c(C(=O)N[C@@H]3CCCN(C)C3)sc3nccc1c23. The van der Waals surface area contributed by atoms with Gasteiger partial charge in [0.2, 0.25) is 0 Å². The first-order valence-corrected chi connectivity index (χ1v) is 12.4. The maximum atomic E-state index is 13.3. The molecule has 2 aliphatic heterocycles. The van der Waals surface area contributed by atoms with Gasteiger partial charge in [-0.15, -0.1) is 11.3 Å². The number of carbonyl (C=O) groups excluding carboxylic acids is 2. The quantitative estimate of drug-likeness (QED) is 0.544. The highest BCUT2D eigenvalue weighted by atomic mass is 32.1. The lowest BCUT2D eigenvalue weighted by molar-refractivity contribution is 0.0917. The number of hydrogen-bond donors (Lipinski definition) is 2. The lowest BCUT2D eigenvalue weighted by Crippen LogP contribution is -2.46. The third-order valence-electron chi connectivity index (χ3n) is 6.19. The fourth-order valence-electron chi connectivity index (χ4n) is 4.74. The zero-order valence-electron chi connectivity index (χ0n) is 19.8. The molecule has 8 nitrogen and oxygen atoms in total. The predicted octanol–water partition coefficient (Wildman–Crippen LogP) is 4.90. The summed E-state index contributed by atoms with van der Waals surface area (Å²) in [6, 6.07) is 7.32. The van der Waals surface area contributed by atoms with Gasteiger partial charge in [-0.25, -0.2) is 9.78 Å². The van der Waals surface area contributed by atoms with Gasteiger partial charge in [-0.2, -0.15) is 0 Å². The first-order valence-electron chi connectivity index (χ1n) is 11.6. The Morgan fingerprint density at radius 2 is 2.12 bits per heavy atom. The summed E-state index contributed by atoms with van der Waals surface area (Å²) in [5.74, 6) is 0.599. The van der Waals surface area contributed by atoms with Crippen LogP contribution in [0, 0.1) is 6.92 Å². The van der Waals surface area contributed by atoms with Gasteiger partial charge in [0.05, 0.1) is 28.6 Å². The summed E-state index contributed by atoms with van der Waals surface area (Å²) in [4.78, 5) is 36.2. The molecule has 2 aromatic heterocycles. The number of likely N-dealkylation sites (N-methyl/N-ethyl adjacent to an activating group) is 1. The Labute approximate surface area is 202 Å². The minimum absolute atomic E-state index is 0.0651. The molecule has 4 heterocycles. The van der Waals surface area contributed by atoms with Gasteiger partial charge >= 0.3 is 6.03 Å². The summed E-state index contributed by atoms with van der Waals surface area (Å²) in [7, 11) is 2.07. The van der Waals surface area contributed by atoms with E-state index in [0.29, 0.717) is 10.6 Å². The van der Waals surface area contributed by atoms with Crippen molar-refractivity contribution >= 4 is 50.6 Å². The van der Waals surface area contributed by atoms with Crippen LogP contribution in [0.1, 0.15) is 41.9 Å². The monoisotopic (exact) mass is 479 g/mol. The molecule has 0 spiro atoms. The molecule has 1 atom stereocenters. The average Bonchev–Trinajstić information content (AvgIpc) is 3.14. The molecule has 5 rings (SSSR count). The first kappa shape index (κ1) is 22.6. The number of ether oxygens (including phenoxy) is 1. The standard InChI is InChI=1S/C25H29N5O3S/c1-14(2)33-17-7-8-18(15(3)12-17)30-19-9-10-26-24-20(19)21(28-25(30)32)22(34-24)23(31)27-16-6-5-11-29(4)13-16/h7-10,12,14,16H,5-6,11,13H2,1-4H3,(H,27,31)(H,28,32)/t16-/m1/s1. The van der Waals surface area contributed by atoms with E-state index < -0.39 is 0 Å². The lowest BCUT2D eigenvalue weighted by Gasteiger charge is -2.31. The number of urea groups is 1. The second kappa shape index (κ2) is 8.88. The van der Waals surface area contributed by atoms with Crippen molar-refractivity contribution in [3.05, 3.63) is 40.9 Å². The Kier molecular flexibility index (Phi) is 5.91. The predicted molar refractivity (Wildman–Crippen MR) is 136 cm³/mol. The molecular formula is C25H29N5O3S. The number of amides is 3. The van der Waals surface area contributed by atoms with E-state index in [-0.39, 0.29) is 24.1 Å². The molecule has 1 fully saturated rings. The molecule has 0 bridgehead atoms. The van der Waals surface area contributed by atoms with Crippen LogP contribution in [-0.4, -0.2) is 54.1 Å². The van der Waals surface area contributed by atoms with Crippen LogP contribution in [0.15, 0.2) is 30.5 Å². The number of pyridine rings is 1. The summed E-state index contributed by atoms with van der Waals surface area (Å²) < 4.78 is 5.80. The number of aryl methyl sites for hydroxylation is 1. The van der Waals surface area contributed by atoms with Crippen LogP contribution in [-0.2, 0) is 0 Å². The van der Waals surface area contributed by atoms with Crippen LogP contribution in [0.4, 0.5) is 21.9 Å². The molecule has 34 heavy (non-hydrogen) atoms. The van der Waals surface area contributed by atoms with E-state index in [4.69, 9.17) is 4.74 Å². The lowest BCUT2D eigenvalue weighted by atomic mass is 10.1. The van der Waals surface area contributed by atoms with Crippen molar-refractivity contribution in [3.8, 4) is 5.75 Å². The molecule has 1 aromatic carbocycles. The Morgan fingerprint density at radius 1 is 1.29 bits per heavy atom. The minimum Gasteiger partial charge on any atom is -0.491 e. The Morgan fingerprint density at radius 3 is 2.85 bits per heavy atom. The molecular weight excluding hydrogens is 450 g/mol. The molecule has 0 radical (unpaired) electrons. The maximum Gasteiger partial charge on any atom is 0.331 e. The van der Waals surface area contributed by atoms with Gasteiger partial charge in [0, 0.05) is 18.8 Å². The van der Waals surface area contributed by atoms with Crippen LogP contribution >= 0.6 is 11.3 Å². The van der Waals surface area contributed by atoms with Crippen molar-refractivity contribution in [1.29, 1.82) is 0 Å². The van der Waals surface area contributed by atoms with Gasteiger partial charge in [-0.05, 0) is 77.0 Å². The van der Waals surface area contributed by atoms with Gasteiger partial charge in [0.15, 0.2) is 0 Å². The van der Waals surface area contributed by atoms with Crippen molar-refractivity contribution in [1.82, 2.24) is 15.2 Å². The van der Waals surface area contributed by atoms with Crippen LogP contribution in [0.5, 0.6) is 5.75 Å². The van der Waals surface area contributed by atoms with E-state index in [0.717, 1.165) is 58.8 Å². The number of piperidine rings is 1. The zero-order valence-corrected chi connectivity index (χ0v) is 20.7. The fourth-order valence-corrected chi connectivity index (χ4v) is 5.77. The number of aromatic nitrogens is 1. The number of anilines is 3. The van der Waals surface area contributed by atoms with Crippen molar-refractivity contribution in [3.63, 3.8) is 0 Å². The topological polar surface area (TPSA) is 86.8 Å². The van der Waals surface area contributed by atoms with E-state index >= 15 is 0 Å². The third-order valence-corrected chi connectivity index (χ3v) is 7.29. The largest absolute Gasteiger partial charge is 0.491 e. The zero-order chi connectivity index (χ0) is 24.0. The van der Waals surface area contributed by atoms with Gasteiger partial charge in [0.25, 0.3) is 5.91 Å². The minimum atomic E-state index is -0.300. The number of hydrogen-bond acceptors (Lipinski definition) is 6. The molecule has 178 valence electrons. The molecule has 9 heteroatoms. The number of nitrogens with one attached hydrogen (secondary N) is 2. The van der Waals surface area contributed by atoms with E-state index in [1.165, 1.54) is 11.3 Å². The number of carbonyl (C=O) groups is 2. The first-order chi connectivity index (χ1) is 16.3. The number of benzene rings is 1. The molecule has 1 saturated heterocycles. The van der Waals surface area contributed by atoms with E-state index in [9.17, 15) is 9.59 Å². The molecule has 2 aliphatic rings. The molecule has 2 N–H and O–H groups in total. The summed E-state index contributed by atoms with van der Waals surface area (Å²) in [6.45, 7) is 7.78. The summed E-state index contributed by atoms with van der Waals surface area (Å²) >= 11 is 1.31. The molecule has 3 aromatic rings. The van der Waals surface area contributed by atoms with Crippen molar-refractivity contribution in [2.75, 3.05) is 30.4 Å². The van der Waals surface area contributed by atoms with Crippen LogP contribution in [0.3, 0.4) is 0 Å². The van der Waals surface area contributed by atoms with Crippen LogP contribution in [0.2, 0.25) is 0 Å². The van der Waals surface area contributed by atoms with Gasteiger partial charge in [-0.1, -0.05) is 0 Å². The highest BCUT2D eigenvalue weighted by Crippen LogP contribution is 2.46. The average molecular weight is 480 g/mol. The molecule has 0 aliphatic carbocycles. The maximum absolute atomic E-state index is 13.3. The van der Waals surface area contributed by atoms with E-state index in [2.05, 4.69) is 27.6 Å². The van der Waals surface area contributed by atoms with Gasteiger partial charge in [0.1, 0.15) is 15.5 Å². The van der Waals surface area contributed by atoms with Gasteiger partial charge < -0.3 is 20.3 Å². The Hall–Kier alpha value is -3.17. The number of likely N-dealkylation sites (tertiary alicyclic amines) is 1. The smallest absolute Gasteiger partial charge is 0.331 e. The summed E-state index contributed by atoms with van der Waals surface area (Å²) in [5, 5.41) is 6.93. The number of rotatable bonds is 5. The normalized spacial score (nSPS) is 18.3. The van der Waals surface area contributed by atoms with Crippen LogP contribution < -0.4 is 20.3 Å². The van der Waals surface area contributed by atoms with E-state index in [1.54, 1.807) is 11.1 Å². The highest BCUT2D eigenvalue weighted by molar-refractivity contribution is 7.21. The third kappa shape index (κ3) is 4.10. The highest BCUT2D eigenvalue weighted by Gasteiger charge is 2.34. The number of thiophene rings is 1. The second-order valence-corrected chi connectivity index (χ2v) is 10.3. The van der Waals surface area contributed by atoms with Crippen molar-refractivity contribution in [2.45, 2.75) is 45.8 Å². The van der Waals surface area contributed by atoms with Gasteiger partial charge in [-0.3, -0.25) is 9.69 Å². The molecule has 0 saturated carbocycles. The molecule has 0 unspecified atom stereocenters. The molecule has 3 amide bonds. The number of nitrogens with zero attached hydrogens (tertiary/aromatic N) is 3. The summed E-state index contributed by atoms with van der Waals surface area (Å²) in [5.41, 5.74) is 2.94. The van der Waals surface area contributed by atoms with Crippen molar-refractivity contribution in [2.24, 2.45) is 0 Å². The van der Waals surface area contributed by atoms with E-state index in [1.807, 2.05) is 45.0 Å². The van der Waals surface area contributed by atoms with Crippen LogP contribution in [0.25, 0.3) is 10.2 Å². The second-order valence-electron chi connectivity index (χ2n) is 9.27. The summed E-state index contributed by atoms with van der Waals surface area (Å²) in [6.07, 6.45) is 3.76. The fraction of sp³-hybridized carbons (Fsp3) is 0.400. The van der Waals surface area contributed by atoms with Crippen molar-refractivity contribution < 1.29 is 14.3 Å². The Bertz CT molecular complexity index is 1270. The Balaban J connectivity index is 1.51.